The van der Waals surface area contributed by atoms with Crippen LogP contribution in [0.4, 0.5) is 16.2 Å². The summed E-state index contributed by atoms with van der Waals surface area (Å²) < 4.78 is 0. The molecule has 3 N–H and O–H groups in total. The van der Waals surface area contributed by atoms with Crippen molar-refractivity contribution < 1.29 is 9.90 Å². The lowest BCUT2D eigenvalue weighted by atomic mass is 9.87. The number of hydrogen-bond donors (Lipinski definition) is 3. The highest BCUT2D eigenvalue weighted by Gasteiger charge is 2.20. The van der Waals surface area contributed by atoms with Crippen molar-refractivity contribution in [2.45, 2.75) is 51.6 Å². The van der Waals surface area contributed by atoms with E-state index in [9.17, 15) is 9.90 Å². The average molecular weight is 345 g/mol. The number of rotatable bonds is 4. The van der Waals surface area contributed by atoms with Crippen LogP contribution in [0.15, 0.2) is 24.3 Å². The number of benzene rings is 1. The minimum Gasteiger partial charge on any atom is -0.393 e. The molecule has 2 fully saturated rings. The Labute approximate surface area is 150 Å². The SMILES string of the molecule is CC1CCN(c2cccc(NC(=O)NCC3CCCC(O)C3)c2)CC1. The maximum atomic E-state index is 12.2. The normalized spacial score (nSPS) is 24.8. The molecule has 1 aromatic carbocycles. The molecule has 0 bridgehead atoms. The van der Waals surface area contributed by atoms with Crippen LogP contribution >= 0.6 is 0 Å². The van der Waals surface area contributed by atoms with Gasteiger partial charge in [0.25, 0.3) is 0 Å². The molecule has 2 atom stereocenters. The zero-order chi connectivity index (χ0) is 17.6. The number of urea groups is 1. The molecule has 138 valence electrons. The molecule has 5 nitrogen and oxygen atoms in total. The molecule has 0 radical (unpaired) electrons. The third-order valence-corrected chi connectivity index (χ3v) is 5.56. The Hall–Kier alpha value is -1.75. The largest absolute Gasteiger partial charge is 0.393 e. The van der Waals surface area contributed by atoms with Crippen LogP contribution < -0.4 is 15.5 Å². The first-order valence-electron chi connectivity index (χ1n) is 9.68. The number of anilines is 2. The van der Waals surface area contributed by atoms with Gasteiger partial charge in [-0.3, -0.25) is 0 Å². The molecule has 1 aliphatic carbocycles. The Morgan fingerprint density at radius 3 is 2.80 bits per heavy atom. The number of nitrogens with zero attached hydrogens (tertiary/aromatic N) is 1. The van der Waals surface area contributed by atoms with Crippen molar-refractivity contribution in [2.24, 2.45) is 11.8 Å². The van der Waals surface area contributed by atoms with Gasteiger partial charge in [0.05, 0.1) is 6.10 Å². The van der Waals surface area contributed by atoms with E-state index in [1.807, 2.05) is 12.1 Å². The molecule has 25 heavy (non-hydrogen) atoms. The first-order valence-corrected chi connectivity index (χ1v) is 9.68. The summed E-state index contributed by atoms with van der Waals surface area (Å²) >= 11 is 0. The van der Waals surface area contributed by atoms with Gasteiger partial charge in [-0.1, -0.05) is 19.4 Å². The highest BCUT2D eigenvalue weighted by atomic mass is 16.3. The lowest BCUT2D eigenvalue weighted by molar-refractivity contribution is 0.101. The molecule has 2 aliphatic rings. The zero-order valence-electron chi connectivity index (χ0n) is 15.2. The number of aliphatic hydroxyl groups is 1. The summed E-state index contributed by atoms with van der Waals surface area (Å²) in [5.74, 6) is 1.19. The molecule has 3 rings (SSSR count). The molecular formula is C20H31N3O2. The van der Waals surface area contributed by atoms with Crippen molar-refractivity contribution in [1.82, 2.24) is 5.32 Å². The fourth-order valence-electron chi connectivity index (χ4n) is 3.91. The van der Waals surface area contributed by atoms with Crippen molar-refractivity contribution in [3.63, 3.8) is 0 Å². The lowest BCUT2D eigenvalue weighted by Gasteiger charge is -2.32. The number of hydrogen-bond acceptors (Lipinski definition) is 3. The summed E-state index contributed by atoms with van der Waals surface area (Å²) in [6.07, 6.45) is 6.07. The predicted octanol–water partition coefficient (Wildman–Crippen LogP) is 3.60. The van der Waals surface area contributed by atoms with Crippen LogP contribution in [0.25, 0.3) is 0 Å². The number of carbonyl (C=O) groups is 1. The van der Waals surface area contributed by atoms with Crippen LogP contribution in [0.5, 0.6) is 0 Å². The second-order valence-corrected chi connectivity index (χ2v) is 7.74. The number of aliphatic hydroxyl groups excluding tert-OH is 1. The van der Waals surface area contributed by atoms with E-state index in [0.29, 0.717) is 12.5 Å². The second-order valence-electron chi connectivity index (χ2n) is 7.74. The summed E-state index contributed by atoms with van der Waals surface area (Å²) in [6.45, 7) is 5.11. The first kappa shape index (κ1) is 18.1. The van der Waals surface area contributed by atoms with Crippen molar-refractivity contribution in [1.29, 1.82) is 0 Å². The number of carbonyl (C=O) groups excluding carboxylic acids is 1. The Morgan fingerprint density at radius 2 is 2.04 bits per heavy atom. The van der Waals surface area contributed by atoms with E-state index in [1.165, 1.54) is 18.5 Å². The number of piperidine rings is 1. The van der Waals surface area contributed by atoms with Crippen LogP contribution in [-0.2, 0) is 0 Å². The maximum absolute atomic E-state index is 12.2. The zero-order valence-corrected chi connectivity index (χ0v) is 15.2. The van der Waals surface area contributed by atoms with E-state index >= 15 is 0 Å². The standard InChI is InChI=1S/C20H31N3O2/c1-15-8-10-23(11-9-15)18-6-3-5-17(13-18)22-20(25)21-14-16-4-2-7-19(24)12-16/h3,5-6,13,15-16,19,24H,2,4,7-12,14H2,1H3,(H2,21,22,25). The predicted molar refractivity (Wildman–Crippen MR) is 102 cm³/mol. The minimum absolute atomic E-state index is 0.163. The Kier molecular flexibility index (Phi) is 6.19. The van der Waals surface area contributed by atoms with Gasteiger partial charge in [0.15, 0.2) is 0 Å². The molecule has 1 saturated carbocycles. The van der Waals surface area contributed by atoms with Crippen LogP contribution in [0.3, 0.4) is 0 Å². The number of amides is 2. The molecule has 0 aromatic heterocycles. The topological polar surface area (TPSA) is 64.6 Å². The summed E-state index contributed by atoms with van der Waals surface area (Å²) in [5.41, 5.74) is 2.01. The lowest BCUT2D eigenvalue weighted by Crippen LogP contribution is -2.35. The quantitative estimate of drug-likeness (QED) is 0.781. The van der Waals surface area contributed by atoms with Crippen molar-refractivity contribution in [2.75, 3.05) is 29.9 Å². The Morgan fingerprint density at radius 1 is 1.24 bits per heavy atom. The molecule has 5 heteroatoms. The fourth-order valence-corrected chi connectivity index (χ4v) is 3.91. The van der Waals surface area contributed by atoms with Crippen LogP contribution in [0.2, 0.25) is 0 Å². The molecule has 0 spiro atoms. The molecule has 2 unspecified atom stereocenters. The third kappa shape index (κ3) is 5.36. The van der Waals surface area contributed by atoms with E-state index in [2.05, 4.69) is 34.6 Å². The highest BCUT2D eigenvalue weighted by molar-refractivity contribution is 5.89. The highest BCUT2D eigenvalue weighted by Crippen LogP contribution is 2.25. The van der Waals surface area contributed by atoms with Crippen molar-refractivity contribution >= 4 is 17.4 Å². The molecule has 1 aromatic rings. The van der Waals surface area contributed by atoms with E-state index in [0.717, 1.165) is 50.4 Å². The van der Waals surface area contributed by atoms with Gasteiger partial charge in [-0.05, 0) is 62.1 Å². The third-order valence-electron chi connectivity index (χ3n) is 5.56. The van der Waals surface area contributed by atoms with E-state index in [1.54, 1.807) is 0 Å². The summed E-state index contributed by atoms with van der Waals surface area (Å²) in [4.78, 5) is 14.6. The van der Waals surface area contributed by atoms with Crippen molar-refractivity contribution in [3.8, 4) is 0 Å². The van der Waals surface area contributed by atoms with Gasteiger partial charge in [-0.15, -0.1) is 0 Å². The van der Waals surface area contributed by atoms with Gasteiger partial charge in [0, 0.05) is 31.0 Å². The van der Waals surface area contributed by atoms with Gasteiger partial charge < -0.3 is 20.6 Å². The van der Waals surface area contributed by atoms with E-state index < -0.39 is 0 Å². The molecule has 1 aliphatic heterocycles. The summed E-state index contributed by atoms with van der Waals surface area (Å²) in [7, 11) is 0. The van der Waals surface area contributed by atoms with Gasteiger partial charge >= 0.3 is 6.03 Å². The average Bonchev–Trinajstić information content (AvgIpc) is 2.61. The maximum Gasteiger partial charge on any atom is 0.319 e. The van der Waals surface area contributed by atoms with Gasteiger partial charge in [-0.25, -0.2) is 4.79 Å². The van der Waals surface area contributed by atoms with Gasteiger partial charge in [-0.2, -0.15) is 0 Å². The van der Waals surface area contributed by atoms with Gasteiger partial charge in [0.2, 0.25) is 0 Å². The smallest absolute Gasteiger partial charge is 0.319 e. The molecule has 1 saturated heterocycles. The summed E-state index contributed by atoms with van der Waals surface area (Å²) in [6, 6.07) is 7.94. The number of nitrogens with one attached hydrogen (secondary N) is 2. The van der Waals surface area contributed by atoms with E-state index in [4.69, 9.17) is 0 Å². The Bertz CT molecular complexity index is 570. The van der Waals surface area contributed by atoms with Crippen molar-refractivity contribution in [3.05, 3.63) is 24.3 Å². The second kappa shape index (κ2) is 8.56. The molecule has 1 heterocycles. The monoisotopic (exact) mass is 345 g/mol. The van der Waals surface area contributed by atoms with Crippen LogP contribution in [0.1, 0.15) is 45.4 Å². The minimum atomic E-state index is -0.201. The van der Waals surface area contributed by atoms with E-state index in [-0.39, 0.29) is 12.1 Å². The van der Waals surface area contributed by atoms with Crippen LogP contribution in [-0.4, -0.2) is 36.9 Å². The van der Waals surface area contributed by atoms with Crippen LogP contribution in [0, 0.1) is 11.8 Å². The summed E-state index contributed by atoms with van der Waals surface area (Å²) in [5, 5.41) is 15.6. The fraction of sp³-hybridized carbons (Fsp3) is 0.650. The Balaban J connectivity index is 1.48. The first-order chi connectivity index (χ1) is 12.1. The molecule has 2 amide bonds. The molecular weight excluding hydrogens is 314 g/mol. The van der Waals surface area contributed by atoms with Gasteiger partial charge in [0.1, 0.15) is 0 Å².